The van der Waals surface area contributed by atoms with Gasteiger partial charge in [0.05, 0.1) is 6.10 Å². The van der Waals surface area contributed by atoms with Gasteiger partial charge in [0, 0.05) is 29.8 Å². The Hall–Kier alpha value is -0.620. The second-order valence-corrected chi connectivity index (χ2v) is 5.27. The first kappa shape index (κ1) is 12.8. The van der Waals surface area contributed by atoms with Gasteiger partial charge in [-0.25, -0.2) is 0 Å². The minimum absolute atomic E-state index is 0.0000650. The first-order valence-corrected chi connectivity index (χ1v) is 6.52. The van der Waals surface area contributed by atoms with Crippen molar-refractivity contribution < 1.29 is 18.3 Å². The van der Waals surface area contributed by atoms with Crippen molar-refractivity contribution in [3.63, 3.8) is 0 Å². The number of hydrogen-bond acceptors (Lipinski definition) is 2. The Labute approximate surface area is 102 Å². The molecule has 0 radical (unpaired) electrons. The number of rotatable bonds is 3. The number of nitrogens with zero attached hydrogens (tertiary/aromatic N) is 1. The van der Waals surface area contributed by atoms with Gasteiger partial charge in [-0.3, -0.25) is 0 Å². The average Bonchev–Trinajstić information content (AvgIpc) is 2.61. The fourth-order valence-corrected chi connectivity index (χ4v) is 2.72. The van der Waals surface area contributed by atoms with Crippen LogP contribution in [-0.4, -0.2) is 20.9 Å². The van der Waals surface area contributed by atoms with Crippen molar-refractivity contribution in [2.24, 2.45) is 0 Å². The molecule has 0 spiro atoms. The van der Waals surface area contributed by atoms with E-state index < -0.39 is 11.6 Å². The molecule has 17 heavy (non-hydrogen) atoms. The molecule has 1 aliphatic carbocycles. The number of aromatic nitrogens is 1. The molecule has 0 fully saturated rings. The summed E-state index contributed by atoms with van der Waals surface area (Å²) in [6.07, 6.45) is 3.81. The van der Waals surface area contributed by atoms with Gasteiger partial charge in [0.15, 0.2) is 0 Å². The van der Waals surface area contributed by atoms with E-state index in [0.29, 0.717) is 6.54 Å². The SMILES string of the molecule is OC1CCCc2c1ccn2CCSC(F)(F)F. The molecule has 1 unspecified atom stereocenters. The Morgan fingerprint density at radius 3 is 2.94 bits per heavy atom. The number of halogens is 3. The summed E-state index contributed by atoms with van der Waals surface area (Å²) in [6.45, 7) is 0.340. The van der Waals surface area contributed by atoms with Gasteiger partial charge in [-0.2, -0.15) is 13.2 Å². The van der Waals surface area contributed by atoms with Crippen LogP contribution in [0.2, 0.25) is 0 Å². The van der Waals surface area contributed by atoms with E-state index in [9.17, 15) is 18.3 Å². The molecule has 1 aromatic heterocycles. The summed E-state index contributed by atoms with van der Waals surface area (Å²) in [6, 6.07) is 1.82. The second kappa shape index (κ2) is 4.94. The lowest BCUT2D eigenvalue weighted by Gasteiger charge is -2.20. The van der Waals surface area contributed by atoms with E-state index in [2.05, 4.69) is 0 Å². The quantitative estimate of drug-likeness (QED) is 0.908. The lowest BCUT2D eigenvalue weighted by molar-refractivity contribution is -0.0328. The lowest BCUT2D eigenvalue weighted by Crippen LogP contribution is -2.13. The summed E-state index contributed by atoms with van der Waals surface area (Å²) in [5.41, 5.74) is -2.29. The summed E-state index contributed by atoms with van der Waals surface area (Å²) in [4.78, 5) is 0. The molecule has 1 heterocycles. The van der Waals surface area contributed by atoms with Gasteiger partial charge in [0.1, 0.15) is 0 Å². The monoisotopic (exact) mass is 265 g/mol. The molecular formula is C11H14F3NOS. The molecule has 0 bridgehead atoms. The minimum atomic E-state index is -4.16. The van der Waals surface area contributed by atoms with Gasteiger partial charge in [0.2, 0.25) is 0 Å². The topological polar surface area (TPSA) is 25.2 Å². The first-order valence-electron chi connectivity index (χ1n) is 5.54. The maximum absolute atomic E-state index is 12.0. The molecule has 1 atom stereocenters. The molecule has 1 aromatic rings. The number of thioether (sulfide) groups is 1. The van der Waals surface area contributed by atoms with E-state index in [-0.39, 0.29) is 17.5 Å². The van der Waals surface area contributed by atoms with E-state index in [0.717, 1.165) is 30.5 Å². The molecule has 0 aliphatic heterocycles. The highest BCUT2D eigenvalue weighted by Gasteiger charge is 2.28. The van der Waals surface area contributed by atoms with Crippen LogP contribution in [-0.2, 0) is 13.0 Å². The summed E-state index contributed by atoms with van der Waals surface area (Å²) in [5.74, 6) is 0.0146. The van der Waals surface area contributed by atoms with Gasteiger partial charge < -0.3 is 9.67 Å². The van der Waals surface area contributed by atoms with Gasteiger partial charge in [0.25, 0.3) is 0 Å². The summed E-state index contributed by atoms with van der Waals surface area (Å²) >= 11 is -0.0000650. The smallest absolute Gasteiger partial charge is 0.388 e. The summed E-state index contributed by atoms with van der Waals surface area (Å²) in [5, 5.41) is 9.73. The Kier molecular flexibility index (Phi) is 3.73. The third kappa shape index (κ3) is 3.19. The third-order valence-electron chi connectivity index (χ3n) is 2.96. The van der Waals surface area contributed by atoms with Crippen LogP contribution in [0.3, 0.4) is 0 Å². The van der Waals surface area contributed by atoms with E-state index in [1.54, 1.807) is 6.20 Å². The average molecular weight is 265 g/mol. The van der Waals surface area contributed by atoms with E-state index in [1.165, 1.54) is 0 Å². The predicted octanol–water partition coefficient (Wildman–Crippen LogP) is 3.11. The molecule has 1 aliphatic rings. The number of hydrogen-bond donors (Lipinski definition) is 1. The van der Waals surface area contributed by atoms with Crippen LogP contribution in [0.15, 0.2) is 12.3 Å². The second-order valence-electron chi connectivity index (χ2n) is 4.11. The van der Waals surface area contributed by atoms with Crippen LogP contribution in [0.25, 0.3) is 0 Å². The lowest BCUT2D eigenvalue weighted by atomic mass is 9.95. The van der Waals surface area contributed by atoms with Crippen molar-refractivity contribution in [3.8, 4) is 0 Å². The van der Waals surface area contributed by atoms with Crippen molar-refractivity contribution in [2.75, 3.05) is 5.75 Å². The Balaban J connectivity index is 1.98. The number of fused-ring (bicyclic) bond motifs is 1. The van der Waals surface area contributed by atoms with Crippen molar-refractivity contribution in [2.45, 2.75) is 37.4 Å². The molecular weight excluding hydrogens is 251 g/mol. The molecule has 6 heteroatoms. The Morgan fingerprint density at radius 2 is 2.24 bits per heavy atom. The van der Waals surface area contributed by atoms with E-state index >= 15 is 0 Å². The van der Waals surface area contributed by atoms with Crippen LogP contribution in [0.5, 0.6) is 0 Å². The number of aryl methyl sites for hydroxylation is 1. The Morgan fingerprint density at radius 1 is 1.47 bits per heavy atom. The minimum Gasteiger partial charge on any atom is -0.388 e. The standard InChI is InChI=1S/C11H14F3NOS/c12-11(13,14)17-7-6-15-5-4-8-9(15)2-1-3-10(8)16/h4-5,10,16H,1-3,6-7H2. The summed E-state index contributed by atoms with van der Waals surface area (Å²) < 4.78 is 37.8. The van der Waals surface area contributed by atoms with Crippen molar-refractivity contribution in [1.29, 1.82) is 0 Å². The van der Waals surface area contributed by atoms with Crippen LogP contribution in [0, 0.1) is 0 Å². The molecule has 2 rings (SSSR count). The largest absolute Gasteiger partial charge is 0.441 e. The number of alkyl halides is 3. The summed E-state index contributed by atoms with van der Waals surface area (Å²) in [7, 11) is 0. The zero-order valence-corrected chi connectivity index (χ0v) is 10.0. The molecule has 2 nitrogen and oxygen atoms in total. The normalized spacial score (nSPS) is 20.4. The van der Waals surface area contributed by atoms with Crippen LogP contribution >= 0.6 is 11.8 Å². The van der Waals surface area contributed by atoms with Crippen LogP contribution < -0.4 is 0 Å². The zero-order valence-electron chi connectivity index (χ0n) is 9.20. The third-order valence-corrected chi connectivity index (χ3v) is 3.68. The number of aliphatic hydroxyl groups is 1. The number of aliphatic hydroxyl groups excluding tert-OH is 1. The van der Waals surface area contributed by atoms with Gasteiger partial charge in [-0.1, -0.05) is 0 Å². The molecule has 0 saturated heterocycles. The fourth-order valence-electron chi connectivity index (χ4n) is 2.20. The van der Waals surface area contributed by atoms with Crippen LogP contribution in [0.4, 0.5) is 13.2 Å². The predicted molar refractivity (Wildman–Crippen MR) is 60.8 cm³/mol. The van der Waals surface area contributed by atoms with Crippen molar-refractivity contribution in [1.82, 2.24) is 4.57 Å². The Bertz CT molecular complexity index is 389. The van der Waals surface area contributed by atoms with E-state index in [1.807, 2.05) is 10.6 Å². The molecule has 96 valence electrons. The van der Waals surface area contributed by atoms with Crippen molar-refractivity contribution >= 4 is 11.8 Å². The zero-order chi connectivity index (χ0) is 12.5. The maximum Gasteiger partial charge on any atom is 0.441 e. The highest BCUT2D eigenvalue weighted by atomic mass is 32.2. The molecule has 1 N–H and O–H groups in total. The highest BCUT2D eigenvalue weighted by molar-refractivity contribution is 8.00. The molecule has 0 amide bonds. The first-order chi connectivity index (χ1) is 7.97. The maximum atomic E-state index is 12.0. The van der Waals surface area contributed by atoms with Gasteiger partial charge in [-0.15, -0.1) is 0 Å². The fraction of sp³-hybridized carbons (Fsp3) is 0.636. The molecule has 0 saturated carbocycles. The van der Waals surface area contributed by atoms with Gasteiger partial charge >= 0.3 is 5.51 Å². The van der Waals surface area contributed by atoms with E-state index in [4.69, 9.17) is 0 Å². The van der Waals surface area contributed by atoms with Crippen molar-refractivity contribution in [3.05, 3.63) is 23.5 Å². The molecule has 0 aromatic carbocycles. The van der Waals surface area contributed by atoms with Crippen LogP contribution in [0.1, 0.15) is 30.2 Å². The van der Waals surface area contributed by atoms with Gasteiger partial charge in [-0.05, 0) is 37.1 Å². The highest BCUT2D eigenvalue weighted by Crippen LogP contribution is 2.32.